The SMILES string of the molecule is CCOC1CC2(CCN(C(=O)c3cnc4c(c3)c(C(C)(C)C)nn4C)C2)C1. The van der Waals surface area contributed by atoms with Crippen molar-refractivity contribution in [2.24, 2.45) is 12.5 Å². The Hall–Kier alpha value is -1.95. The molecule has 1 saturated carbocycles. The van der Waals surface area contributed by atoms with Gasteiger partial charge in [0.15, 0.2) is 5.65 Å². The molecule has 1 aliphatic carbocycles. The molecule has 0 aromatic carbocycles. The minimum absolute atomic E-state index is 0.0878. The zero-order valence-electron chi connectivity index (χ0n) is 17.1. The first-order valence-electron chi connectivity index (χ1n) is 9.96. The number of hydrogen-bond acceptors (Lipinski definition) is 4. The van der Waals surface area contributed by atoms with Gasteiger partial charge in [0.2, 0.25) is 0 Å². The van der Waals surface area contributed by atoms with Gasteiger partial charge in [-0.05, 0) is 37.7 Å². The van der Waals surface area contributed by atoms with Crippen LogP contribution in [0.3, 0.4) is 0 Å². The third-order valence-corrected chi connectivity index (χ3v) is 6.08. The molecule has 146 valence electrons. The summed E-state index contributed by atoms with van der Waals surface area (Å²) in [5.74, 6) is 0.0878. The van der Waals surface area contributed by atoms with E-state index in [9.17, 15) is 4.79 Å². The number of ether oxygens (including phenoxy) is 1. The molecular formula is C21H30N4O2. The molecular weight excluding hydrogens is 340 g/mol. The maximum Gasteiger partial charge on any atom is 0.255 e. The number of aryl methyl sites for hydroxylation is 1. The lowest BCUT2D eigenvalue weighted by atomic mass is 9.66. The Labute approximate surface area is 160 Å². The van der Waals surface area contributed by atoms with Crippen molar-refractivity contribution in [3.05, 3.63) is 23.5 Å². The summed E-state index contributed by atoms with van der Waals surface area (Å²) in [6, 6.07) is 1.98. The van der Waals surface area contributed by atoms with Gasteiger partial charge < -0.3 is 9.64 Å². The van der Waals surface area contributed by atoms with Gasteiger partial charge in [0.05, 0.1) is 17.4 Å². The fourth-order valence-corrected chi connectivity index (χ4v) is 4.70. The van der Waals surface area contributed by atoms with Gasteiger partial charge in [0.1, 0.15) is 0 Å². The molecule has 4 rings (SSSR count). The zero-order chi connectivity index (χ0) is 19.4. The summed E-state index contributed by atoms with van der Waals surface area (Å²) >= 11 is 0. The monoisotopic (exact) mass is 370 g/mol. The molecule has 3 heterocycles. The Morgan fingerprint density at radius 2 is 2.11 bits per heavy atom. The molecule has 6 heteroatoms. The first-order valence-corrected chi connectivity index (χ1v) is 9.96. The number of nitrogens with zero attached hydrogens (tertiary/aromatic N) is 4. The predicted octanol–water partition coefficient (Wildman–Crippen LogP) is 3.30. The lowest BCUT2D eigenvalue weighted by molar-refractivity contribution is -0.0707. The van der Waals surface area contributed by atoms with E-state index in [1.807, 2.05) is 24.9 Å². The molecule has 0 bridgehead atoms. The van der Waals surface area contributed by atoms with Crippen molar-refractivity contribution in [3.63, 3.8) is 0 Å². The molecule has 2 aromatic heterocycles. The van der Waals surface area contributed by atoms with Crippen LogP contribution in [0, 0.1) is 5.41 Å². The van der Waals surface area contributed by atoms with E-state index >= 15 is 0 Å². The quantitative estimate of drug-likeness (QED) is 0.832. The molecule has 2 fully saturated rings. The predicted molar refractivity (Wildman–Crippen MR) is 105 cm³/mol. The number of rotatable bonds is 3. The van der Waals surface area contributed by atoms with Crippen molar-refractivity contribution < 1.29 is 9.53 Å². The zero-order valence-corrected chi connectivity index (χ0v) is 17.1. The van der Waals surface area contributed by atoms with Crippen molar-refractivity contribution in [3.8, 4) is 0 Å². The van der Waals surface area contributed by atoms with Crippen LogP contribution in [-0.2, 0) is 17.2 Å². The summed E-state index contributed by atoms with van der Waals surface area (Å²) < 4.78 is 7.52. The molecule has 27 heavy (non-hydrogen) atoms. The van der Waals surface area contributed by atoms with Crippen molar-refractivity contribution >= 4 is 16.9 Å². The average Bonchev–Trinajstić information content (AvgIpc) is 3.16. The second-order valence-corrected chi connectivity index (χ2v) is 9.28. The number of amides is 1. The van der Waals surface area contributed by atoms with E-state index in [0.29, 0.717) is 11.7 Å². The summed E-state index contributed by atoms with van der Waals surface area (Å²) in [6.45, 7) is 10.9. The fourth-order valence-electron chi connectivity index (χ4n) is 4.70. The molecule has 0 radical (unpaired) electrons. The number of carbonyl (C=O) groups is 1. The minimum atomic E-state index is -0.0964. The standard InChI is InChI=1S/C21H30N4O2/c1-6-27-15-10-21(11-15)7-8-25(13-21)19(26)14-9-16-17(20(2,3)4)23-24(5)18(16)22-12-14/h9,12,15H,6-8,10-11,13H2,1-5H3. The molecule has 0 N–H and O–H groups in total. The van der Waals surface area contributed by atoms with Crippen molar-refractivity contribution in [1.82, 2.24) is 19.7 Å². The molecule has 0 unspecified atom stereocenters. The molecule has 1 saturated heterocycles. The van der Waals surface area contributed by atoms with Crippen molar-refractivity contribution in [2.75, 3.05) is 19.7 Å². The summed E-state index contributed by atoms with van der Waals surface area (Å²) in [6.07, 6.45) is 5.33. The number of pyridine rings is 1. The van der Waals surface area contributed by atoms with Crippen molar-refractivity contribution in [2.45, 2.75) is 58.5 Å². The van der Waals surface area contributed by atoms with E-state index in [-0.39, 0.29) is 16.7 Å². The minimum Gasteiger partial charge on any atom is -0.378 e. The van der Waals surface area contributed by atoms with Gasteiger partial charge in [0.25, 0.3) is 5.91 Å². The van der Waals surface area contributed by atoms with Crippen LogP contribution in [0.4, 0.5) is 0 Å². The summed E-state index contributed by atoms with van der Waals surface area (Å²) in [5, 5.41) is 5.62. The Kier molecular flexibility index (Phi) is 4.29. The van der Waals surface area contributed by atoms with Crippen LogP contribution in [0.15, 0.2) is 12.3 Å². The van der Waals surface area contributed by atoms with Gasteiger partial charge in [-0.3, -0.25) is 9.48 Å². The van der Waals surface area contributed by atoms with Gasteiger partial charge in [-0.15, -0.1) is 0 Å². The Balaban J connectivity index is 1.55. The number of likely N-dealkylation sites (tertiary alicyclic amines) is 1. The van der Waals surface area contributed by atoms with Gasteiger partial charge in [-0.2, -0.15) is 5.10 Å². The topological polar surface area (TPSA) is 60.2 Å². The smallest absolute Gasteiger partial charge is 0.255 e. The fraction of sp³-hybridized carbons (Fsp3) is 0.667. The van der Waals surface area contributed by atoms with Crippen LogP contribution in [-0.4, -0.2) is 51.4 Å². The normalized spacial score (nSPS) is 25.4. The van der Waals surface area contributed by atoms with Crippen LogP contribution in [0.1, 0.15) is 63.0 Å². The van der Waals surface area contributed by atoms with E-state index in [2.05, 4.69) is 30.9 Å². The highest BCUT2D eigenvalue weighted by atomic mass is 16.5. The molecule has 0 atom stereocenters. The highest BCUT2D eigenvalue weighted by Crippen LogP contribution is 2.49. The van der Waals surface area contributed by atoms with Crippen LogP contribution < -0.4 is 0 Å². The first-order chi connectivity index (χ1) is 12.7. The van der Waals surface area contributed by atoms with Crippen LogP contribution in [0.5, 0.6) is 0 Å². The van der Waals surface area contributed by atoms with E-state index in [1.54, 1.807) is 10.9 Å². The van der Waals surface area contributed by atoms with Gasteiger partial charge in [-0.1, -0.05) is 20.8 Å². The van der Waals surface area contributed by atoms with Gasteiger partial charge in [0, 0.05) is 43.7 Å². The summed E-state index contributed by atoms with van der Waals surface area (Å²) in [5.41, 5.74) is 2.66. The first kappa shape index (κ1) is 18.4. The summed E-state index contributed by atoms with van der Waals surface area (Å²) in [7, 11) is 1.90. The Morgan fingerprint density at radius 3 is 2.78 bits per heavy atom. The number of aromatic nitrogens is 3. The van der Waals surface area contributed by atoms with Crippen molar-refractivity contribution in [1.29, 1.82) is 0 Å². The molecule has 6 nitrogen and oxygen atoms in total. The Morgan fingerprint density at radius 1 is 1.37 bits per heavy atom. The van der Waals surface area contributed by atoms with E-state index in [4.69, 9.17) is 4.74 Å². The van der Waals surface area contributed by atoms with Gasteiger partial charge in [-0.25, -0.2) is 4.98 Å². The average molecular weight is 370 g/mol. The molecule has 1 aliphatic heterocycles. The maximum atomic E-state index is 13.1. The van der Waals surface area contributed by atoms with Crippen LogP contribution in [0.2, 0.25) is 0 Å². The van der Waals surface area contributed by atoms with E-state index < -0.39 is 0 Å². The highest BCUT2D eigenvalue weighted by molar-refractivity contribution is 5.97. The van der Waals surface area contributed by atoms with Crippen LogP contribution in [0.25, 0.3) is 11.0 Å². The third-order valence-electron chi connectivity index (χ3n) is 6.08. The largest absolute Gasteiger partial charge is 0.378 e. The molecule has 1 amide bonds. The maximum absolute atomic E-state index is 13.1. The molecule has 2 aromatic rings. The van der Waals surface area contributed by atoms with E-state index in [0.717, 1.165) is 55.7 Å². The Bertz CT molecular complexity index is 874. The second-order valence-electron chi connectivity index (χ2n) is 9.28. The second kappa shape index (κ2) is 6.30. The molecule has 2 aliphatic rings. The lowest BCUT2D eigenvalue weighted by Crippen LogP contribution is -2.45. The van der Waals surface area contributed by atoms with Gasteiger partial charge >= 0.3 is 0 Å². The number of fused-ring (bicyclic) bond motifs is 1. The number of hydrogen-bond donors (Lipinski definition) is 0. The molecule has 1 spiro atoms. The number of carbonyl (C=O) groups excluding carboxylic acids is 1. The lowest BCUT2D eigenvalue weighted by Gasteiger charge is -2.44. The van der Waals surface area contributed by atoms with E-state index in [1.165, 1.54) is 0 Å². The third kappa shape index (κ3) is 3.14. The van der Waals surface area contributed by atoms with Crippen LogP contribution >= 0.6 is 0 Å². The summed E-state index contributed by atoms with van der Waals surface area (Å²) in [4.78, 5) is 19.7. The highest BCUT2D eigenvalue weighted by Gasteiger charge is 2.49.